The molecule has 0 rings (SSSR count). The van der Waals surface area contributed by atoms with Crippen molar-refractivity contribution < 1.29 is 19.2 Å². The minimum Gasteiger partial charge on any atom is -0.303 e. The molecule has 0 saturated heterocycles. The summed E-state index contributed by atoms with van der Waals surface area (Å²) in [6.07, 6.45) is 1.17. The molecule has 0 heterocycles. The van der Waals surface area contributed by atoms with Gasteiger partial charge in [-0.3, -0.25) is 0 Å². The zero-order valence-corrected chi connectivity index (χ0v) is 6.53. The highest BCUT2D eigenvalue weighted by Crippen LogP contribution is 2.25. The average molecular weight is 160 g/mol. The van der Waals surface area contributed by atoms with Crippen LogP contribution >= 0.6 is 17.1 Å². The van der Waals surface area contributed by atoms with Crippen LogP contribution in [0.15, 0.2) is 0 Å². The minimum absolute atomic E-state index is 1.17. The van der Waals surface area contributed by atoms with E-state index in [0.717, 1.165) is 0 Å². The number of hydrogen-bond acceptors (Lipinski definition) is 1. The fourth-order valence-electron chi connectivity index (χ4n) is 0. The van der Waals surface area contributed by atoms with Gasteiger partial charge in [0.1, 0.15) is 0 Å². The van der Waals surface area contributed by atoms with E-state index < -0.39 is 7.82 Å². The molecule has 0 aromatic rings. The van der Waals surface area contributed by atoms with Crippen LogP contribution in [0, 0.1) is 0 Å². The Labute approximate surface area is 50.4 Å². The fraction of sp³-hybridized carbons (Fsp3) is 1.00. The van der Waals surface area contributed by atoms with Crippen LogP contribution in [-0.2, 0) is 4.57 Å². The van der Waals surface area contributed by atoms with Crippen LogP contribution in [0.1, 0.15) is 6.92 Å². The van der Waals surface area contributed by atoms with E-state index in [9.17, 15) is 0 Å². The molecule has 8 heavy (non-hydrogen) atoms. The van der Waals surface area contributed by atoms with Crippen LogP contribution < -0.4 is 0 Å². The van der Waals surface area contributed by atoms with Gasteiger partial charge in [-0.05, 0) is 6.16 Å². The van der Waals surface area contributed by atoms with Crippen molar-refractivity contribution in [2.45, 2.75) is 6.92 Å². The molecule has 0 aliphatic carbocycles. The third-order valence-electron chi connectivity index (χ3n) is 0. The maximum Gasteiger partial charge on any atom is 0.466 e. The van der Waals surface area contributed by atoms with Gasteiger partial charge in [0.2, 0.25) is 0 Å². The van der Waals surface area contributed by atoms with Crippen LogP contribution in [-0.4, -0.2) is 20.8 Å². The Bertz CT molecular complexity index is 67.8. The first-order chi connectivity index (χ1) is 3.41. The number of rotatable bonds is 0. The molecule has 6 heteroatoms. The van der Waals surface area contributed by atoms with Crippen molar-refractivity contribution >= 4 is 17.1 Å². The molecule has 0 saturated carbocycles. The molecule has 0 aliphatic heterocycles. The predicted octanol–water partition coefficient (Wildman–Crippen LogP) is -0.0472. The summed E-state index contributed by atoms with van der Waals surface area (Å²) < 4.78 is 8.88. The molecule has 0 aliphatic rings. The third kappa shape index (κ3) is 688. The molecule has 52 valence electrons. The van der Waals surface area contributed by atoms with Gasteiger partial charge < -0.3 is 14.7 Å². The molecule has 1 unspecified atom stereocenters. The van der Waals surface area contributed by atoms with Crippen LogP contribution in [0.25, 0.3) is 0 Å². The van der Waals surface area contributed by atoms with E-state index >= 15 is 0 Å². The lowest BCUT2D eigenvalue weighted by Gasteiger charge is -1.82. The minimum atomic E-state index is -4.64. The zero-order chi connectivity index (χ0) is 7.21. The van der Waals surface area contributed by atoms with E-state index in [-0.39, 0.29) is 0 Å². The first-order valence-electron chi connectivity index (χ1n) is 1.90. The van der Waals surface area contributed by atoms with E-state index in [0.29, 0.717) is 0 Å². The van der Waals surface area contributed by atoms with Crippen LogP contribution in [0.4, 0.5) is 0 Å². The topological polar surface area (TPSA) is 77.8 Å². The van der Waals surface area contributed by atoms with Crippen molar-refractivity contribution in [3.05, 3.63) is 0 Å². The summed E-state index contributed by atoms with van der Waals surface area (Å²) in [6, 6.07) is 0. The van der Waals surface area contributed by atoms with Gasteiger partial charge in [0.15, 0.2) is 0 Å². The van der Waals surface area contributed by atoms with Crippen molar-refractivity contribution in [1.29, 1.82) is 0 Å². The molecular formula is C2H10O4P2. The lowest BCUT2D eigenvalue weighted by atomic mass is 11.0. The largest absolute Gasteiger partial charge is 0.466 e. The summed E-state index contributed by atoms with van der Waals surface area (Å²) >= 11 is 0. The van der Waals surface area contributed by atoms with Gasteiger partial charge in [-0.25, -0.2) is 4.57 Å². The van der Waals surface area contributed by atoms with Crippen molar-refractivity contribution in [2.24, 2.45) is 0 Å². The molecule has 0 fully saturated rings. The summed E-state index contributed by atoms with van der Waals surface area (Å²) in [6.45, 7) is 2.09. The van der Waals surface area contributed by atoms with E-state index in [1.165, 1.54) is 6.16 Å². The van der Waals surface area contributed by atoms with E-state index in [2.05, 4.69) is 16.2 Å². The predicted molar refractivity (Wildman–Crippen MR) is 34.5 cm³/mol. The van der Waals surface area contributed by atoms with Gasteiger partial charge in [0.05, 0.1) is 0 Å². The smallest absolute Gasteiger partial charge is 0.303 e. The van der Waals surface area contributed by atoms with Gasteiger partial charge in [0.25, 0.3) is 0 Å². The Balaban J connectivity index is 0. The molecule has 0 spiro atoms. The molecular weight excluding hydrogens is 150 g/mol. The Morgan fingerprint density at radius 3 is 1.50 bits per heavy atom. The molecule has 4 nitrogen and oxygen atoms in total. The third-order valence-corrected chi connectivity index (χ3v) is 0. The highest BCUT2D eigenvalue weighted by atomic mass is 31.2. The lowest BCUT2D eigenvalue weighted by molar-refractivity contribution is 0.275. The summed E-state index contributed by atoms with van der Waals surface area (Å²) in [7, 11) is -2.06. The maximum atomic E-state index is 8.88. The Morgan fingerprint density at radius 1 is 1.50 bits per heavy atom. The first-order valence-corrected chi connectivity index (χ1v) is 4.28. The van der Waals surface area contributed by atoms with Gasteiger partial charge in [-0.1, -0.05) is 6.92 Å². The van der Waals surface area contributed by atoms with Gasteiger partial charge in [0, 0.05) is 0 Å². The number of phosphoric acid groups is 1. The zero-order valence-electron chi connectivity index (χ0n) is 4.48. The quantitative estimate of drug-likeness (QED) is 0.434. The summed E-state index contributed by atoms with van der Waals surface area (Å²) in [5.74, 6) is 0. The summed E-state index contributed by atoms with van der Waals surface area (Å²) in [5, 5.41) is 0. The molecule has 3 N–H and O–H groups in total. The standard InChI is InChI=1S/C2H7P.H3O4P/c1-2-3;1-5(2,3)4/h2-3H2,1H3;(H3,1,2,3,4). The number of hydrogen-bond donors (Lipinski definition) is 3. The van der Waals surface area contributed by atoms with E-state index in [1.807, 2.05) is 0 Å². The molecule has 0 aromatic heterocycles. The normalized spacial score (nSPS) is 9.62. The van der Waals surface area contributed by atoms with Crippen LogP contribution in [0.3, 0.4) is 0 Å². The molecule has 0 aromatic carbocycles. The van der Waals surface area contributed by atoms with Crippen molar-refractivity contribution in [3.63, 3.8) is 0 Å². The van der Waals surface area contributed by atoms with Crippen molar-refractivity contribution in [2.75, 3.05) is 6.16 Å². The monoisotopic (exact) mass is 160 g/mol. The summed E-state index contributed by atoms with van der Waals surface area (Å²) in [5.41, 5.74) is 0. The van der Waals surface area contributed by atoms with Crippen molar-refractivity contribution in [1.82, 2.24) is 0 Å². The lowest BCUT2D eigenvalue weighted by Crippen LogP contribution is -1.66. The highest BCUT2D eigenvalue weighted by Gasteiger charge is 2.00. The maximum absolute atomic E-state index is 8.88. The Kier molecular flexibility index (Phi) is 8.05. The van der Waals surface area contributed by atoms with Gasteiger partial charge in [-0.2, -0.15) is 0 Å². The highest BCUT2D eigenvalue weighted by molar-refractivity contribution is 7.45. The van der Waals surface area contributed by atoms with E-state index in [4.69, 9.17) is 19.2 Å². The average Bonchev–Trinajstić information content (AvgIpc) is 1.27. The molecule has 0 radical (unpaired) electrons. The second-order valence-electron chi connectivity index (χ2n) is 0.922. The van der Waals surface area contributed by atoms with Crippen LogP contribution in [0.5, 0.6) is 0 Å². The van der Waals surface area contributed by atoms with Crippen molar-refractivity contribution in [3.8, 4) is 0 Å². The second kappa shape index (κ2) is 5.67. The van der Waals surface area contributed by atoms with Gasteiger partial charge >= 0.3 is 7.82 Å². The van der Waals surface area contributed by atoms with Crippen LogP contribution in [0.2, 0.25) is 0 Å². The summed E-state index contributed by atoms with van der Waals surface area (Å²) in [4.78, 5) is 21.6. The molecule has 0 bridgehead atoms. The van der Waals surface area contributed by atoms with Gasteiger partial charge in [-0.15, -0.1) is 9.24 Å². The first kappa shape index (κ1) is 11.4. The second-order valence-corrected chi connectivity index (χ2v) is 2.76. The Hall–Kier alpha value is 0.540. The SMILES string of the molecule is CCP.O=P(O)(O)O. The molecule has 1 atom stereocenters. The fourth-order valence-corrected chi connectivity index (χ4v) is 0. The Morgan fingerprint density at radius 2 is 1.50 bits per heavy atom. The van der Waals surface area contributed by atoms with E-state index in [1.54, 1.807) is 0 Å². The molecule has 0 amide bonds.